The fourth-order valence-electron chi connectivity index (χ4n) is 1.49. The number of hydrogen-bond acceptors (Lipinski definition) is 2. The minimum absolute atomic E-state index is 0.0402. The number of benzene rings is 1. The molecule has 0 aliphatic rings. The van der Waals surface area contributed by atoms with E-state index >= 15 is 0 Å². The molecule has 1 rings (SSSR count). The van der Waals surface area contributed by atoms with Crippen LogP contribution in [0, 0.1) is 12.7 Å². The van der Waals surface area contributed by atoms with Gasteiger partial charge in [0.25, 0.3) is 0 Å². The highest BCUT2D eigenvalue weighted by atomic mass is 19.1. The Bertz CT molecular complexity index is 325. The minimum atomic E-state index is -0.357. The molecule has 1 unspecified atom stereocenters. The van der Waals surface area contributed by atoms with E-state index in [0.717, 1.165) is 5.56 Å². The zero-order valence-electron chi connectivity index (χ0n) is 9.46. The molecular weight excluding hydrogens is 193 g/mol. The molecular formula is C12H18FNO. The lowest BCUT2D eigenvalue weighted by Crippen LogP contribution is -2.20. The molecule has 0 radical (unpaired) electrons. The summed E-state index contributed by atoms with van der Waals surface area (Å²) < 4.78 is 19.1. The van der Waals surface area contributed by atoms with Gasteiger partial charge in [-0.05, 0) is 26.8 Å². The van der Waals surface area contributed by atoms with Crippen molar-refractivity contribution in [2.45, 2.75) is 33.0 Å². The Morgan fingerprint density at radius 1 is 1.40 bits per heavy atom. The van der Waals surface area contributed by atoms with Crippen LogP contribution in [0.15, 0.2) is 18.2 Å². The Morgan fingerprint density at radius 3 is 2.60 bits per heavy atom. The summed E-state index contributed by atoms with van der Waals surface area (Å²) >= 11 is 0. The molecule has 0 fully saturated rings. The number of hydrogen-bond donors (Lipinski definition) is 1. The van der Waals surface area contributed by atoms with Crippen molar-refractivity contribution < 1.29 is 9.13 Å². The normalized spacial score (nSPS) is 13.2. The molecule has 2 nitrogen and oxygen atoms in total. The SMILES string of the molecule is Cc1ccc(F)c(C(CN)OC(C)C)c1. The van der Waals surface area contributed by atoms with E-state index in [1.807, 2.05) is 20.8 Å². The molecule has 0 heterocycles. The predicted molar refractivity (Wildman–Crippen MR) is 59.2 cm³/mol. The topological polar surface area (TPSA) is 35.2 Å². The zero-order valence-corrected chi connectivity index (χ0v) is 9.46. The summed E-state index contributed by atoms with van der Waals surface area (Å²) in [4.78, 5) is 0. The molecule has 1 aromatic rings. The van der Waals surface area contributed by atoms with Gasteiger partial charge in [-0.1, -0.05) is 17.7 Å². The Kier molecular flexibility index (Phi) is 4.24. The predicted octanol–water partition coefficient (Wildman–Crippen LogP) is 2.56. The van der Waals surface area contributed by atoms with Gasteiger partial charge >= 0.3 is 0 Å². The summed E-state index contributed by atoms with van der Waals surface area (Å²) in [6.07, 6.45) is -0.316. The minimum Gasteiger partial charge on any atom is -0.369 e. The second kappa shape index (κ2) is 5.24. The van der Waals surface area contributed by atoms with Crippen LogP contribution in [0.5, 0.6) is 0 Å². The van der Waals surface area contributed by atoms with Crippen molar-refractivity contribution >= 4 is 0 Å². The van der Waals surface area contributed by atoms with E-state index in [1.54, 1.807) is 12.1 Å². The van der Waals surface area contributed by atoms with Crippen molar-refractivity contribution in [1.29, 1.82) is 0 Å². The van der Waals surface area contributed by atoms with Gasteiger partial charge < -0.3 is 10.5 Å². The van der Waals surface area contributed by atoms with Crippen molar-refractivity contribution in [3.8, 4) is 0 Å². The van der Waals surface area contributed by atoms with Crippen molar-refractivity contribution in [2.24, 2.45) is 5.73 Å². The van der Waals surface area contributed by atoms with Crippen LogP contribution in [0.3, 0.4) is 0 Å². The first kappa shape index (κ1) is 12.1. The van der Waals surface area contributed by atoms with E-state index in [9.17, 15) is 4.39 Å². The Hall–Kier alpha value is -0.930. The summed E-state index contributed by atoms with van der Waals surface area (Å²) in [6, 6.07) is 4.98. The average molecular weight is 211 g/mol. The monoisotopic (exact) mass is 211 g/mol. The molecule has 0 bridgehead atoms. The van der Waals surface area contributed by atoms with Crippen molar-refractivity contribution in [2.75, 3.05) is 6.54 Å². The standard InChI is InChI=1S/C12H18FNO/c1-8(2)15-12(7-14)10-6-9(3)4-5-11(10)13/h4-6,8,12H,7,14H2,1-3H3. The molecule has 1 aromatic carbocycles. The first-order valence-corrected chi connectivity index (χ1v) is 5.16. The van der Waals surface area contributed by atoms with E-state index in [2.05, 4.69) is 0 Å². The van der Waals surface area contributed by atoms with Gasteiger partial charge in [0.05, 0.1) is 12.2 Å². The number of aryl methyl sites for hydroxylation is 1. The maximum Gasteiger partial charge on any atom is 0.129 e. The van der Waals surface area contributed by atoms with E-state index in [0.29, 0.717) is 12.1 Å². The highest BCUT2D eigenvalue weighted by molar-refractivity contribution is 5.26. The summed E-state index contributed by atoms with van der Waals surface area (Å²) in [5, 5.41) is 0. The van der Waals surface area contributed by atoms with Crippen LogP contribution >= 0.6 is 0 Å². The smallest absolute Gasteiger partial charge is 0.129 e. The van der Waals surface area contributed by atoms with Crippen LogP contribution in [0.4, 0.5) is 4.39 Å². The first-order valence-electron chi connectivity index (χ1n) is 5.16. The zero-order chi connectivity index (χ0) is 11.4. The van der Waals surface area contributed by atoms with E-state index in [4.69, 9.17) is 10.5 Å². The Morgan fingerprint density at radius 2 is 2.07 bits per heavy atom. The number of ether oxygens (including phenoxy) is 1. The third-order valence-electron chi connectivity index (χ3n) is 2.15. The maximum atomic E-state index is 13.5. The summed E-state index contributed by atoms with van der Waals surface area (Å²) in [5.74, 6) is -0.253. The Labute approximate surface area is 90.2 Å². The van der Waals surface area contributed by atoms with Gasteiger partial charge in [0.15, 0.2) is 0 Å². The molecule has 0 saturated carbocycles. The third-order valence-corrected chi connectivity index (χ3v) is 2.15. The number of nitrogens with two attached hydrogens (primary N) is 1. The number of halogens is 1. The second-order valence-corrected chi connectivity index (χ2v) is 3.93. The first-order chi connectivity index (χ1) is 7.04. The fourth-order valence-corrected chi connectivity index (χ4v) is 1.49. The highest BCUT2D eigenvalue weighted by Gasteiger charge is 2.16. The van der Waals surface area contributed by atoms with E-state index in [-0.39, 0.29) is 18.0 Å². The summed E-state index contributed by atoms with van der Waals surface area (Å²) in [7, 11) is 0. The lowest BCUT2D eigenvalue weighted by atomic mass is 10.1. The lowest BCUT2D eigenvalue weighted by Gasteiger charge is -2.20. The Balaban J connectivity index is 2.95. The molecule has 0 amide bonds. The van der Waals surface area contributed by atoms with Crippen LogP contribution in [0.25, 0.3) is 0 Å². The van der Waals surface area contributed by atoms with Crippen molar-refractivity contribution in [3.63, 3.8) is 0 Å². The molecule has 84 valence electrons. The molecule has 0 aromatic heterocycles. The lowest BCUT2D eigenvalue weighted by molar-refractivity contribution is 0.0100. The van der Waals surface area contributed by atoms with E-state index in [1.165, 1.54) is 6.07 Å². The van der Waals surface area contributed by atoms with Gasteiger partial charge in [0, 0.05) is 12.1 Å². The third kappa shape index (κ3) is 3.29. The van der Waals surface area contributed by atoms with Gasteiger partial charge in [-0.3, -0.25) is 0 Å². The molecule has 0 saturated heterocycles. The molecule has 15 heavy (non-hydrogen) atoms. The molecule has 0 spiro atoms. The average Bonchev–Trinajstić information content (AvgIpc) is 2.18. The molecule has 0 aliphatic heterocycles. The molecule has 2 N–H and O–H groups in total. The number of rotatable bonds is 4. The fraction of sp³-hybridized carbons (Fsp3) is 0.500. The van der Waals surface area contributed by atoms with E-state index < -0.39 is 0 Å². The largest absolute Gasteiger partial charge is 0.369 e. The van der Waals surface area contributed by atoms with Crippen LogP contribution in [0.1, 0.15) is 31.1 Å². The summed E-state index contributed by atoms with van der Waals surface area (Å²) in [6.45, 7) is 6.04. The highest BCUT2D eigenvalue weighted by Crippen LogP contribution is 2.22. The van der Waals surface area contributed by atoms with Crippen LogP contribution < -0.4 is 5.73 Å². The van der Waals surface area contributed by atoms with Gasteiger partial charge in [-0.25, -0.2) is 4.39 Å². The van der Waals surface area contributed by atoms with Gasteiger partial charge in [-0.2, -0.15) is 0 Å². The summed E-state index contributed by atoms with van der Waals surface area (Å²) in [5.41, 5.74) is 7.14. The van der Waals surface area contributed by atoms with Crippen molar-refractivity contribution in [1.82, 2.24) is 0 Å². The van der Waals surface area contributed by atoms with Crippen molar-refractivity contribution in [3.05, 3.63) is 35.1 Å². The quantitative estimate of drug-likeness (QED) is 0.830. The second-order valence-electron chi connectivity index (χ2n) is 3.93. The molecule has 3 heteroatoms. The van der Waals surface area contributed by atoms with Gasteiger partial charge in [0.1, 0.15) is 5.82 Å². The van der Waals surface area contributed by atoms with Crippen LogP contribution in [0.2, 0.25) is 0 Å². The van der Waals surface area contributed by atoms with Crippen LogP contribution in [-0.4, -0.2) is 12.6 Å². The van der Waals surface area contributed by atoms with Gasteiger partial charge in [-0.15, -0.1) is 0 Å². The molecule has 0 aliphatic carbocycles. The van der Waals surface area contributed by atoms with Crippen LogP contribution in [-0.2, 0) is 4.74 Å². The van der Waals surface area contributed by atoms with Gasteiger partial charge in [0.2, 0.25) is 0 Å². The maximum absolute atomic E-state index is 13.5. The molecule has 1 atom stereocenters.